The van der Waals surface area contributed by atoms with E-state index in [4.69, 9.17) is 0 Å². The Morgan fingerprint density at radius 2 is 1.90 bits per heavy atom. The zero-order valence-corrected chi connectivity index (χ0v) is 12.6. The minimum atomic E-state index is -3.83. The summed E-state index contributed by atoms with van der Waals surface area (Å²) in [6.45, 7) is 0. The summed E-state index contributed by atoms with van der Waals surface area (Å²) in [6.07, 6.45) is 0. The number of hydrogen-bond acceptors (Lipinski definition) is 4. The van der Waals surface area contributed by atoms with Crippen molar-refractivity contribution >= 4 is 38.5 Å². The van der Waals surface area contributed by atoms with Gasteiger partial charge in [0.15, 0.2) is 0 Å². The van der Waals surface area contributed by atoms with Crippen molar-refractivity contribution in [3.63, 3.8) is 0 Å². The molecule has 2 aromatic carbocycles. The van der Waals surface area contributed by atoms with E-state index >= 15 is 0 Å². The Balaban J connectivity index is 2.15. The highest BCUT2D eigenvalue weighted by Gasteiger charge is 2.40. The predicted molar refractivity (Wildman–Crippen MR) is 81.7 cm³/mol. The van der Waals surface area contributed by atoms with Crippen LogP contribution in [0.2, 0.25) is 0 Å². The van der Waals surface area contributed by atoms with Crippen LogP contribution in [0.5, 0.6) is 0 Å². The van der Waals surface area contributed by atoms with Crippen LogP contribution in [0.1, 0.15) is 0 Å². The lowest BCUT2D eigenvalue weighted by atomic mass is 10.1. The van der Waals surface area contributed by atoms with Crippen molar-refractivity contribution in [2.45, 2.75) is 10.9 Å². The van der Waals surface area contributed by atoms with Crippen molar-refractivity contribution in [3.05, 3.63) is 42.5 Å². The molecule has 7 heteroatoms. The van der Waals surface area contributed by atoms with Crippen molar-refractivity contribution in [1.82, 2.24) is 4.31 Å². The summed E-state index contributed by atoms with van der Waals surface area (Å²) >= 11 is 1.31. The standard InChI is InChI=1S/C14H13NO4S2/c16-14(17)12-8-20-9-15(12)21(18,19)13-7-3-5-10-4-1-2-6-11(10)13/h1-7,12H,8-9H2,(H,16,17). The Kier molecular flexibility index (Phi) is 3.64. The molecule has 5 nitrogen and oxygen atoms in total. The summed E-state index contributed by atoms with van der Waals surface area (Å²) in [5.74, 6) is -0.661. The van der Waals surface area contributed by atoms with Crippen LogP contribution in [-0.4, -0.2) is 41.5 Å². The Morgan fingerprint density at radius 1 is 1.19 bits per heavy atom. The molecule has 0 spiro atoms. The third-order valence-electron chi connectivity index (χ3n) is 3.46. The summed E-state index contributed by atoms with van der Waals surface area (Å²) in [4.78, 5) is 11.4. The van der Waals surface area contributed by atoms with E-state index in [1.807, 2.05) is 18.2 Å². The van der Waals surface area contributed by atoms with Crippen LogP contribution < -0.4 is 0 Å². The molecular weight excluding hydrogens is 310 g/mol. The number of hydrogen-bond donors (Lipinski definition) is 1. The van der Waals surface area contributed by atoms with Gasteiger partial charge < -0.3 is 5.11 Å². The van der Waals surface area contributed by atoms with E-state index in [0.717, 1.165) is 9.69 Å². The van der Waals surface area contributed by atoms with Gasteiger partial charge in [-0.3, -0.25) is 4.79 Å². The van der Waals surface area contributed by atoms with Crippen molar-refractivity contribution in [1.29, 1.82) is 0 Å². The summed E-state index contributed by atoms with van der Waals surface area (Å²) in [6, 6.07) is 11.2. The molecule has 21 heavy (non-hydrogen) atoms. The second kappa shape index (κ2) is 5.32. The SMILES string of the molecule is O=C(O)C1CSCN1S(=O)(=O)c1cccc2ccccc12. The van der Waals surface area contributed by atoms with Gasteiger partial charge in [-0.25, -0.2) is 8.42 Å². The lowest BCUT2D eigenvalue weighted by molar-refractivity contribution is -0.140. The van der Waals surface area contributed by atoms with E-state index in [1.165, 1.54) is 17.8 Å². The van der Waals surface area contributed by atoms with E-state index in [2.05, 4.69) is 0 Å². The number of aliphatic carboxylic acids is 1. The third kappa shape index (κ3) is 2.41. The third-order valence-corrected chi connectivity index (χ3v) is 6.55. The Bertz CT molecular complexity index is 798. The first kappa shape index (κ1) is 14.4. The maximum absolute atomic E-state index is 12.8. The molecule has 0 aliphatic carbocycles. The van der Waals surface area contributed by atoms with Crippen LogP contribution in [0.25, 0.3) is 10.8 Å². The first-order chi connectivity index (χ1) is 10.0. The highest BCUT2D eigenvalue weighted by Crippen LogP contribution is 2.31. The molecule has 1 fully saturated rings. The summed E-state index contributed by atoms with van der Waals surface area (Å²) in [5.41, 5.74) is 0. The molecule has 1 atom stereocenters. The largest absolute Gasteiger partial charge is 0.480 e. The normalized spacial score (nSPS) is 19.9. The predicted octanol–water partition coefficient (Wildman–Crippen LogP) is 1.99. The van der Waals surface area contributed by atoms with E-state index in [1.54, 1.807) is 18.2 Å². The number of thioether (sulfide) groups is 1. The maximum atomic E-state index is 12.8. The molecule has 1 aliphatic rings. The fourth-order valence-corrected chi connectivity index (χ4v) is 5.76. The molecule has 0 saturated carbocycles. The van der Waals surface area contributed by atoms with Crippen LogP contribution in [0.3, 0.4) is 0 Å². The van der Waals surface area contributed by atoms with Gasteiger partial charge in [-0.15, -0.1) is 11.8 Å². The summed E-state index contributed by atoms with van der Waals surface area (Å²) in [7, 11) is -3.83. The van der Waals surface area contributed by atoms with Gasteiger partial charge in [0, 0.05) is 11.1 Å². The molecule has 3 rings (SSSR count). The number of rotatable bonds is 3. The zero-order chi connectivity index (χ0) is 15.0. The second-order valence-corrected chi connectivity index (χ2v) is 7.58. The van der Waals surface area contributed by atoms with Crippen LogP contribution in [-0.2, 0) is 14.8 Å². The van der Waals surface area contributed by atoms with E-state index in [-0.39, 0.29) is 16.5 Å². The summed E-state index contributed by atoms with van der Waals surface area (Å²) in [5, 5.41) is 10.6. The monoisotopic (exact) mass is 323 g/mol. The van der Waals surface area contributed by atoms with Gasteiger partial charge in [-0.05, 0) is 11.5 Å². The van der Waals surface area contributed by atoms with Crippen molar-refractivity contribution in [2.24, 2.45) is 0 Å². The van der Waals surface area contributed by atoms with Crippen LogP contribution >= 0.6 is 11.8 Å². The first-order valence-corrected chi connectivity index (χ1v) is 8.91. The molecular formula is C14H13NO4S2. The quantitative estimate of drug-likeness (QED) is 0.935. The molecule has 110 valence electrons. The first-order valence-electron chi connectivity index (χ1n) is 6.32. The van der Waals surface area contributed by atoms with Gasteiger partial charge in [0.1, 0.15) is 6.04 Å². The number of fused-ring (bicyclic) bond motifs is 1. The maximum Gasteiger partial charge on any atom is 0.322 e. The minimum absolute atomic E-state index is 0.161. The highest BCUT2D eigenvalue weighted by molar-refractivity contribution is 8.00. The number of sulfonamides is 1. The van der Waals surface area contributed by atoms with Crippen LogP contribution in [0.15, 0.2) is 47.4 Å². The van der Waals surface area contributed by atoms with Gasteiger partial charge in [-0.1, -0.05) is 36.4 Å². The Hall–Kier alpha value is -1.57. The number of carbonyl (C=O) groups is 1. The average molecular weight is 323 g/mol. The smallest absolute Gasteiger partial charge is 0.322 e. The molecule has 1 saturated heterocycles. The molecule has 0 aromatic heterocycles. The zero-order valence-electron chi connectivity index (χ0n) is 11.0. The number of carboxylic acids is 1. The fourth-order valence-electron chi connectivity index (χ4n) is 2.41. The molecule has 1 N–H and O–H groups in total. The van der Waals surface area contributed by atoms with Crippen LogP contribution in [0.4, 0.5) is 0 Å². The Morgan fingerprint density at radius 3 is 2.67 bits per heavy atom. The number of nitrogens with zero attached hydrogens (tertiary/aromatic N) is 1. The topological polar surface area (TPSA) is 74.7 Å². The van der Waals surface area contributed by atoms with E-state index in [0.29, 0.717) is 5.39 Å². The molecule has 1 heterocycles. The van der Waals surface area contributed by atoms with Gasteiger partial charge >= 0.3 is 5.97 Å². The molecule has 0 bridgehead atoms. The van der Waals surface area contributed by atoms with Gasteiger partial charge in [-0.2, -0.15) is 4.31 Å². The average Bonchev–Trinajstić information content (AvgIpc) is 2.97. The number of carboxylic acid groups (broad SMARTS) is 1. The summed E-state index contributed by atoms with van der Waals surface area (Å²) < 4.78 is 26.7. The van der Waals surface area contributed by atoms with Gasteiger partial charge in [0.2, 0.25) is 10.0 Å². The van der Waals surface area contributed by atoms with E-state index in [9.17, 15) is 18.3 Å². The second-order valence-electron chi connectivity index (χ2n) is 4.72. The van der Waals surface area contributed by atoms with Gasteiger partial charge in [0.05, 0.1) is 10.8 Å². The lowest BCUT2D eigenvalue weighted by Crippen LogP contribution is -2.41. The number of benzene rings is 2. The minimum Gasteiger partial charge on any atom is -0.480 e. The molecule has 2 aromatic rings. The van der Waals surface area contributed by atoms with Crippen molar-refractivity contribution in [2.75, 3.05) is 11.6 Å². The van der Waals surface area contributed by atoms with Crippen molar-refractivity contribution in [3.8, 4) is 0 Å². The van der Waals surface area contributed by atoms with Gasteiger partial charge in [0.25, 0.3) is 0 Å². The Labute approximate surface area is 126 Å². The van der Waals surface area contributed by atoms with Crippen molar-refractivity contribution < 1.29 is 18.3 Å². The fraction of sp³-hybridized carbons (Fsp3) is 0.214. The highest BCUT2D eigenvalue weighted by atomic mass is 32.2. The van der Waals surface area contributed by atoms with E-state index < -0.39 is 22.0 Å². The van der Waals surface area contributed by atoms with Crippen LogP contribution in [0, 0.1) is 0 Å². The molecule has 0 radical (unpaired) electrons. The lowest BCUT2D eigenvalue weighted by Gasteiger charge is -2.21. The molecule has 1 aliphatic heterocycles. The molecule has 0 amide bonds. The molecule has 1 unspecified atom stereocenters.